The minimum Gasteiger partial charge on any atom is -0.375 e. The van der Waals surface area contributed by atoms with Crippen LogP contribution in [-0.2, 0) is 5.41 Å². The Balaban J connectivity index is 2.10. The van der Waals surface area contributed by atoms with Gasteiger partial charge in [-0.1, -0.05) is 20.8 Å². The summed E-state index contributed by atoms with van der Waals surface area (Å²) in [5, 5.41) is 7.26. The quantitative estimate of drug-likeness (QED) is 0.887. The fourth-order valence-corrected chi connectivity index (χ4v) is 2.70. The Bertz CT molecular complexity index is 568. The zero-order valence-corrected chi connectivity index (χ0v) is 12.0. The lowest BCUT2D eigenvalue weighted by molar-refractivity contribution is 0.102. The van der Waals surface area contributed by atoms with Gasteiger partial charge in [0.1, 0.15) is 5.69 Å². The predicted octanol–water partition coefficient (Wildman–Crippen LogP) is 2.73. The Morgan fingerprint density at radius 2 is 2.00 bits per heavy atom. The van der Waals surface area contributed by atoms with E-state index in [2.05, 4.69) is 36.1 Å². The van der Waals surface area contributed by atoms with E-state index in [1.54, 1.807) is 5.38 Å². The number of carbonyl (C=O) groups is 1. The first-order valence-corrected chi connectivity index (χ1v) is 7.10. The Kier molecular flexibility index (Phi) is 3.36. The summed E-state index contributed by atoms with van der Waals surface area (Å²) in [6.45, 7) is 6.23. The van der Waals surface area contributed by atoms with Crippen molar-refractivity contribution in [3.8, 4) is 0 Å². The first-order valence-electron chi connectivity index (χ1n) is 5.34. The van der Waals surface area contributed by atoms with E-state index in [-0.39, 0.29) is 11.3 Å². The van der Waals surface area contributed by atoms with E-state index in [4.69, 9.17) is 5.73 Å². The summed E-state index contributed by atoms with van der Waals surface area (Å²) in [5.41, 5.74) is 6.75. The van der Waals surface area contributed by atoms with Crippen LogP contribution in [0.25, 0.3) is 0 Å². The maximum absolute atomic E-state index is 11.8. The zero-order valence-electron chi connectivity index (χ0n) is 10.4. The monoisotopic (exact) mass is 282 g/mol. The Hall–Kier alpha value is -1.47. The van der Waals surface area contributed by atoms with Gasteiger partial charge < -0.3 is 5.73 Å². The normalized spacial score (nSPS) is 11.5. The lowest BCUT2D eigenvalue weighted by Crippen LogP contribution is -2.14. The molecule has 2 aromatic rings. The van der Waals surface area contributed by atoms with Crippen LogP contribution in [0.15, 0.2) is 10.8 Å². The third kappa shape index (κ3) is 2.85. The number of aromatic nitrogens is 2. The third-order valence-electron chi connectivity index (χ3n) is 2.25. The average Bonchev–Trinajstić information content (AvgIpc) is 2.85. The first kappa shape index (κ1) is 13.0. The molecule has 96 valence electrons. The summed E-state index contributed by atoms with van der Waals surface area (Å²) in [7, 11) is 0. The van der Waals surface area contributed by atoms with Crippen LogP contribution in [0.4, 0.5) is 10.3 Å². The number of rotatable bonds is 2. The fourth-order valence-electron chi connectivity index (χ4n) is 1.23. The van der Waals surface area contributed by atoms with Crippen LogP contribution < -0.4 is 11.1 Å². The summed E-state index contributed by atoms with van der Waals surface area (Å²) in [6.07, 6.45) is 0. The highest BCUT2D eigenvalue weighted by atomic mass is 32.1. The Morgan fingerprint density at radius 1 is 1.28 bits per heavy atom. The Labute approximate surface area is 113 Å². The maximum Gasteiger partial charge on any atom is 0.276 e. The van der Waals surface area contributed by atoms with Crippen LogP contribution >= 0.6 is 22.7 Å². The number of nitrogen functional groups attached to an aromatic ring is 1. The van der Waals surface area contributed by atoms with Gasteiger partial charge in [0, 0.05) is 16.2 Å². The largest absolute Gasteiger partial charge is 0.375 e. The summed E-state index contributed by atoms with van der Waals surface area (Å²) >= 11 is 2.65. The first-order chi connectivity index (χ1) is 8.36. The van der Waals surface area contributed by atoms with E-state index in [1.807, 2.05) is 5.38 Å². The van der Waals surface area contributed by atoms with Crippen molar-refractivity contribution in [2.24, 2.45) is 0 Å². The smallest absolute Gasteiger partial charge is 0.276 e. The minimum atomic E-state index is -0.280. The van der Waals surface area contributed by atoms with Gasteiger partial charge in [-0.15, -0.1) is 22.7 Å². The van der Waals surface area contributed by atoms with Gasteiger partial charge in [0.15, 0.2) is 10.3 Å². The van der Waals surface area contributed by atoms with Crippen LogP contribution in [-0.4, -0.2) is 15.9 Å². The number of nitrogens with zero attached hydrogens (tertiary/aromatic N) is 2. The number of thiazole rings is 2. The van der Waals surface area contributed by atoms with Crippen LogP contribution in [0.3, 0.4) is 0 Å². The number of amides is 1. The summed E-state index contributed by atoms with van der Waals surface area (Å²) < 4.78 is 0. The van der Waals surface area contributed by atoms with Crippen LogP contribution in [0.5, 0.6) is 0 Å². The van der Waals surface area contributed by atoms with Gasteiger partial charge in [0.2, 0.25) is 0 Å². The molecule has 0 spiro atoms. The molecule has 0 aliphatic carbocycles. The molecule has 2 rings (SSSR count). The van der Waals surface area contributed by atoms with E-state index >= 15 is 0 Å². The molecule has 3 N–H and O–H groups in total. The van der Waals surface area contributed by atoms with Gasteiger partial charge in [-0.3, -0.25) is 10.1 Å². The van der Waals surface area contributed by atoms with E-state index in [1.165, 1.54) is 22.7 Å². The van der Waals surface area contributed by atoms with Gasteiger partial charge in [-0.25, -0.2) is 9.97 Å². The molecule has 0 aliphatic rings. The van der Waals surface area contributed by atoms with Crippen molar-refractivity contribution in [1.82, 2.24) is 9.97 Å². The average molecular weight is 282 g/mol. The lowest BCUT2D eigenvalue weighted by Gasteiger charge is -2.14. The second-order valence-electron chi connectivity index (χ2n) is 4.81. The van der Waals surface area contributed by atoms with Crippen LogP contribution in [0.1, 0.15) is 37.0 Å². The lowest BCUT2D eigenvalue weighted by atomic mass is 9.93. The number of anilines is 2. The van der Waals surface area contributed by atoms with E-state index in [0.717, 1.165) is 5.69 Å². The zero-order chi connectivity index (χ0) is 13.3. The van der Waals surface area contributed by atoms with Crippen molar-refractivity contribution in [3.63, 3.8) is 0 Å². The van der Waals surface area contributed by atoms with Crippen molar-refractivity contribution in [2.45, 2.75) is 26.2 Å². The molecule has 0 aliphatic heterocycles. The summed E-state index contributed by atoms with van der Waals surface area (Å²) in [5.74, 6) is -0.280. The second kappa shape index (κ2) is 4.66. The fraction of sp³-hybridized carbons (Fsp3) is 0.364. The van der Waals surface area contributed by atoms with Gasteiger partial charge in [-0.05, 0) is 0 Å². The van der Waals surface area contributed by atoms with Crippen molar-refractivity contribution < 1.29 is 4.79 Å². The van der Waals surface area contributed by atoms with E-state index in [9.17, 15) is 4.79 Å². The molecule has 0 saturated heterocycles. The van der Waals surface area contributed by atoms with Gasteiger partial charge in [0.25, 0.3) is 5.91 Å². The van der Waals surface area contributed by atoms with E-state index < -0.39 is 0 Å². The molecule has 7 heteroatoms. The molecule has 2 heterocycles. The second-order valence-corrected chi connectivity index (χ2v) is 6.56. The topological polar surface area (TPSA) is 80.9 Å². The predicted molar refractivity (Wildman–Crippen MR) is 75.3 cm³/mol. The van der Waals surface area contributed by atoms with Gasteiger partial charge >= 0.3 is 0 Å². The molecule has 5 nitrogen and oxygen atoms in total. The van der Waals surface area contributed by atoms with Gasteiger partial charge in [0.05, 0.1) is 5.69 Å². The van der Waals surface area contributed by atoms with Crippen molar-refractivity contribution in [3.05, 3.63) is 22.1 Å². The molecule has 0 atom stereocenters. The molecular formula is C11H14N4OS2. The van der Waals surface area contributed by atoms with Crippen molar-refractivity contribution in [1.29, 1.82) is 0 Å². The van der Waals surface area contributed by atoms with Gasteiger partial charge in [-0.2, -0.15) is 0 Å². The highest BCUT2D eigenvalue weighted by Gasteiger charge is 2.18. The highest BCUT2D eigenvalue weighted by Crippen LogP contribution is 2.26. The third-order valence-corrected chi connectivity index (χ3v) is 3.68. The number of hydrogen-bond donors (Lipinski definition) is 2. The molecule has 0 bridgehead atoms. The minimum absolute atomic E-state index is 0.0233. The summed E-state index contributed by atoms with van der Waals surface area (Å²) in [6, 6.07) is 0. The molecule has 18 heavy (non-hydrogen) atoms. The molecule has 0 fully saturated rings. The number of nitrogens with two attached hydrogens (primary N) is 1. The molecule has 2 aromatic heterocycles. The highest BCUT2D eigenvalue weighted by molar-refractivity contribution is 7.14. The molecule has 0 aromatic carbocycles. The molecule has 1 amide bonds. The molecular weight excluding hydrogens is 268 g/mol. The van der Waals surface area contributed by atoms with Crippen LogP contribution in [0.2, 0.25) is 0 Å². The van der Waals surface area contributed by atoms with Crippen molar-refractivity contribution in [2.75, 3.05) is 11.1 Å². The molecule has 0 radical (unpaired) electrons. The number of carbonyl (C=O) groups excluding carboxylic acids is 1. The molecule has 0 unspecified atom stereocenters. The SMILES string of the molecule is CC(C)(C)c1csc(NC(=O)c2csc(N)n2)n1. The summed E-state index contributed by atoms with van der Waals surface area (Å²) in [4.78, 5) is 20.1. The molecule has 0 saturated carbocycles. The standard InChI is InChI=1S/C11H14N4OS2/c1-11(2,3)7-5-18-10(14-7)15-8(16)6-4-17-9(12)13-6/h4-5H,1-3H3,(H2,12,13)(H,14,15,16). The van der Waals surface area contributed by atoms with E-state index in [0.29, 0.717) is 16.0 Å². The number of nitrogens with one attached hydrogen (secondary N) is 1. The maximum atomic E-state index is 11.8. The van der Waals surface area contributed by atoms with Crippen LogP contribution in [0, 0.1) is 0 Å². The Morgan fingerprint density at radius 3 is 2.50 bits per heavy atom. The van der Waals surface area contributed by atoms with Crippen molar-refractivity contribution >= 4 is 38.8 Å². The number of hydrogen-bond acceptors (Lipinski definition) is 6.